The van der Waals surface area contributed by atoms with E-state index in [1.54, 1.807) is 22.8 Å². The predicted molar refractivity (Wildman–Crippen MR) is 150 cm³/mol. The highest BCUT2D eigenvalue weighted by atomic mass is 35.5. The molecule has 41 heavy (non-hydrogen) atoms. The molecule has 2 amide bonds. The molecule has 13 heteroatoms. The van der Waals surface area contributed by atoms with E-state index in [2.05, 4.69) is 15.3 Å². The molecule has 2 aromatic heterocycles. The van der Waals surface area contributed by atoms with Gasteiger partial charge in [0.15, 0.2) is 0 Å². The highest BCUT2D eigenvalue weighted by molar-refractivity contribution is 6.31. The number of carbonyl (C=O) groups is 2. The lowest BCUT2D eigenvalue weighted by molar-refractivity contribution is -0.116. The molecule has 0 spiro atoms. The van der Waals surface area contributed by atoms with Crippen LogP contribution in [0.3, 0.4) is 0 Å². The Morgan fingerprint density at radius 2 is 1.85 bits per heavy atom. The number of fused-ring (bicyclic) bond motifs is 1. The maximum atomic E-state index is 15.3. The van der Waals surface area contributed by atoms with Crippen LogP contribution >= 0.6 is 23.2 Å². The van der Waals surface area contributed by atoms with Gasteiger partial charge in [-0.25, -0.2) is 13.8 Å². The smallest absolute Gasteiger partial charge is 0.319 e. The van der Waals surface area contributed by atoms with Crippen molar-refractivity contribution >= 4 is 46.4 Å². The number of nitrogens with zero attached hydrogens (tertiary/aromatic N) is 4. The van der Waals surface area contributed by atoms with Crippen molar-refractivity contribution in [2.75, 3.05) is 24.4 Å². The third kappa shape index (κ3) is 5.07. The molecule has 0 radical (unpaired) electrons. The van der Waals surface area contributed by atoms with Crippen molar-refractivity contribution < 1.29 is 27.8 Å². The first-order chi connectivity index (χ1) is 19.5. The quantitative estimate of drug-likeness (QED) is 0.248. The van der Waals surface area contributed by atoms with Crippen molar-refractivity contribution in [2.24, 2.45) is 0 Å². The molecule has 0 aliphatic carbocycles. The molecule has 0 fully saturated rings. The molecule has 5 rings (SSSR count). The maximum absolute atomic E-state index is 15.3. The number of carbonyl (C=O) groups excluding carboxylic acids is 2. The summed E-state index contributed by atoms with van der Waals surface area (Å²) in [5, 5.41) is 2.61. The standard InChI is InChI=1S/C28H23Cl2F2N5O4/c1-13(2)21-7-14(12-36(21)23-11-33-28(41-4)35-26(23)40-3)27(39)37(22-9-17(30)18(31)10-19(22)32)24-16-6-5-15(29)8-20(16)34-25(24)38/h5-13,24H,1-4H3,(H,34,38). The third-order valence-corrected chi connectivity index (χ3v) is 7.10. The molecular formula is C28H23Cl2F2N5O4. The SMILES string of the molecule is COc1ncc(-n2cc(C(=O)N(c3cc(Cl)c(F)cc3F)C3C(=O)Nc4cc(Cl)ccc43)cc2C(C)C)c(OC)n1. The molecule has 0 saturated heterocycles. The Hall–Kier alpha value is -4.22. The van der Waals surface area contributed by atoms with Crippen LogP contribution in [-0.2, 0) is 4.79 Å². The van der Waals surface area contributed by atoms with E-state index >= 15 is 4.39 Å². The van der Waals surface area contributed by atoms with Gasteiger partial charge in [-0.3, -0.25) is 14.5 Å². The van der Waals surface area contributed by atoms with Gasteiger partial charge in [0.05, 0.1) is 36.7 Å². The summed E-state index contributed by atoms with van der Waals surface area (Å²) >= 11 is 12.1. The Morgan fingerprint density at radius 3 is 2.54 bits per heavy atom. The first kappa shape index (κ1) is 28.3. The second-order valence-electron chi connectivity index (χ2n) is 9.45. The Labute approximate surface area is 243 Å². The van der Waals surface area contributed by atoms with Gasteiger partial charge in [-0.1, -0.05) is 43.1 Å². The summed E-state index contributed by atoms with van der Waals surface area (Å²) in [4.78, 5) is 36.9. The fourth-order valence-electron chi connectivity index (χ4n) is 4.68. The van der Waals surface area contributed by atoms with Crippen LogP contribution in [-0.4, -0.2) is 40.6 Å². The van der Waals surface area contributed by atoms with Crippen LogP contribution in [0.2, 0.25) is 10.0 Å². The Kier molecular flexibility index (Phi) is 7.58. The molecule has 0 saturated carbocycles. The van der Waals surface area contributed by atoms with E-state index < -0.39 is 34.5 Å². The molecular weight excluding hydrogens is 579 g/mol. The minimum Gasteiger partial charge on any atom is -0.479 e. The third-order valence-electron chi connectivity index (χ3n) is 6.58. The van der Waals surface area contributed by atoms with Crippen LogP contribution in [0.5, 0.6) is 11.9 Å². The number of halogens is 4. The second kappa shape index (κ2) is 11.0. The fraction of sp³-hybridized carbons (Fsp3) is 0.214. The maximum Gasteiger partial charge on any atom is 0.319 e. The predicted octanol–water partition coefficient (Wildman–Crippen LogP) is 6.33. The van der Waals surface area contributed by atoms with Gasteiger partial charge in [-0.2, -0.15) is 4.98 Å². The van der Waals surface area contributed by atoms with Gasteiger partial charge in [-0.15, -0.1) is 0 Å². The first-order valence-electron chi connectivity index (χ1n) is 12.3. The summed E-state index contributed by atoms with van der Waals surface area (Å²) < 4.78 is 41.7. The number of aromatic nitrogens is 3. The summed E-state index contributed by atoms with van der Waals surface area (Å²) in [6, 6.07) is 6.57. The lowest BCUT2D eigenvalue weighted by Crippen LogP contribution is -2.39. The molecule has 4 aromatic rings. The van der Waals surface area contributed by atoms with Crippen LogP contribution in [0.15, 0.2) is 48.8 Å². The number of amides is 2. The molecule has 0 bridgehead atoms. The van der Waals surface area contributed by atoms with Crippen molar-refractivity contribution in [3.05, 3.63) is 87.3 Å². The highest BCUT2D eigenvalue weighted by Gasteiger charge is 2.41. The molecule has 3 heterocycles. The van der Waals surface area contributed by atoms with E-state index in [4.69, 9.17) is 32.7 Å². The molecule has 1 aliphatic heterocycles. The molecule has 212 valence electrons. The van der Waals surface area contributed by atoms with Gasteiger partial charge in [-0.05, 0) is 30.2 Å². The zero-order valence-electron chi connectivity index (χ0n) is 22.2. The zero-order chi connectivity index (χ0) is 29.6. The van der Waals surface area contributed by atoms with Crippen molar-refractivity contribution in [1.29, 1.82) is 0 Å². The zero-order valence-corrected chi connectivity index (χ0v) is 23.7. The lowest BCUT2D eigenvalue weighted by Gasteiger charge is -2.28. The Morgan fingerprint density at radius 1 is 1.10 bits per heavy atom. The normalized spacial score (nSPS) is 14.2. The second-order valence-corrected chi connectivity index (χ2v) is 10.3. The molecule has 9 nitrogen and oxygen atoms in total. The number of nitrogens with one attached hydrogen (secondary N) is 1. The summed E-state index contributed by atoms with van der Waals surface area (Å²) in [5.41, 5.74) is 1.54. The fourth-order valence-corrected chi connectivity index (χ4v) is 5.01. The van der Waals surface area contributed by atoms with Gasteiger partial charge in [0.1, 0.15) is 23.4 Å². The van der Waals surface area contributed by atoms with Crippen LogP contribution < -0.4 is 19.7 Å². The highest BCUT2D eigenvalue weighted by Crippen LogP contribution is 2.42. The number of rotatable bonds is 7. The minimum atomic E-state index is -1.31. The van der Waals surface area contributed by atoms with Crippen LogP contribution in [0.4, 0.5) is 20.2 Å². The minimum absolute atomic E-state index is 0.0843. The summed E-state index contributed by atoms with van der Waals surface area (Å²) in [7, 11) is 2.85. The van der Waals surface area contributed by atoms with Gasteiger partial charge < -0.3 is 19.4 Å². The summed E-state index contributed by atoms with van der Waals surface area (Å²) in [6.07, 6.45) is 2.99. The van der Waals surface area contributed by atoms with E-state index in [1.165, 1.54) is 32.7 Å². The number of methoxy groups -OCH3 is 2. The number of ether oxygens (including phenoxy) is 2. The Bertz CT molecular complexity index is 1690. The summed E-state index contributed by atoms with van der Waals surface area (Å²) in [6.45, 7) is 3.83. The van der Waals surface area contributed by atoms with Crippen molar-refractivity contribution in [3.8, 4) is 17.6 Å². The van der Waals surface area contributed by atoms with Crippen molar-refractivity contribution in [1.82, 2.24) is 14.5 Å². The van der Waals surface area contributed by atoms with Gasteiger partial charge >= 0.3 is 6.01 Å². The average Bonchev–Trinajstić information content (AvgIpc) is 3.52. The number of benzene rings is 2. The molecule has 1 N–H and O–H groups in total. The first-order valence-corrected chi connectivity index (χ1v) is 13.1. The van der Waals surface area contributed by atoms with E-state index in [9.17, 15) is 14.0 Å². The van der Waals surface area contributed by atoms with Crippen molar-refractivity contribution in [3.63, 3.8) is 0 Å². The largest absolute Gasteiger partial charge is 0.479 e. The number of anilines is 2. The van der Waals surface area contributed by atoms with Gasteiger partial charge in [0, 0.05) is 34.2 Å². The monoisotopic (exact) mass is 601 g/mol. The molecule has 1 aliphatic rings. The van der Waals surface area contributed by atoms with Crippen molar-refractivity contribution in [2.45, 2.75) is 25.8 Å². The van der Waals surface area contributed by atoms with Gasteiger partial charge in [0.25, 0.3) is 11.8 Å². The summed E-state index contributed by atoms with van der Waals surface area (Å²) in [5.74, 6) is -3.37. The number of hydrogen-bond acceptors (Lipinski definition) is 6. The van der Waals surface area contributed by atoms with E-state index in [1.807, 2.05) is 13.8 Å². The Balaban J connectivity index is 1.70. The topological polar surface area (TPSA) is 98.6 Å². The van der Waals surface area contributed by atoms with E-state index in [0.29, 0.717) is 33.7 Å². The number of hydrogen-bond donors (Lipinski definition) is 1. The van der Waals surface area contributed by atoms with E-state index in [0.717, 1.165) is 11.0 Å². The molecule has 1 atom stereocenters. The van der Waals surface area contributed by atoms with Crippen LogP contribution in [0.1, 0.15) is 47.4 Å². The van der Waals surface area contributed by atoms with Crippen LogP contribution in [0, 0.1) is 11.6 Å². The molecule has 1 unspecified atom stereocenters. The lowest BCUT2D eigenvalue weighted by atomic mass is 10.0. The molecule has 2 aromatic carbocycles. The average molecular weight is 602 g/mol. The van der Waals surface area contributed by atoms with E-state index in [-0.39, 0.29) is 29.1 Å². The van der Waals surface area contributed by atoms with Crippen LogP contribution in [0.25, 0.3) is 5.69 Å². The van der Waals surface area contributed by atoms with Gasteiger partial charge in [0.2, 0.25) is 5.88 Å².